The number of hydrazine groups is 1. The van der Waals surface area contributed by atoms with E-state index in [2.05, 4.69) is 5.43 Å². The molecule has 0 radical (unpaired) electrons. The van der Waals surface area contributed by atoms with Gasteiger partial charge in [0.05, 0.1) is 5.69 Å². The number of nitrogens with zero attached hydrogens (tertiary/aromatic N) is 1. The molecule has 0 saturated carbocycles. The first-order valence-corrected chi connectivity index (χ1v) is 5.05. The first-order valence-electron chi connectivity index (χ1n) is 5.05. The molecule has 0 aromatic heterocycles. The summed E-state index contributed by atoms with van der Waals surface area (Å²) in [4.78, 5) is 23.1. The zero-order valence-electron chi connectivity index (χ0n) is 8.84. The maximum atomic E-state index is 11.6. The number of ketones is 1. The van der Waals surface area contributed by atoms with Crippen LogP contribution in [0.15, 0.2) is 30.3 Å². The quantitative estimate of drug-likeness (QED) is 0.752. The molecule has 0 bridgehead atoms. The number of benzene rings is 1. The molecular formula is C11H12N2O3. The van der Waals surface area contributed by atoms with E-state index < -0.39 is 17.9 Å². The number of para-hydroxylation sites is 1. The lowest BCUT2D eigenvalue weighted by molar-refractivity contribution is -0.139. The third-order valence-corrected chi connectivity index (χ3v) is 2.25. The molecule has 1 unspecified atom stereocenters. The second kappa shape index (κ2) is 4.42. The number of carbonyl (C=O) groups excluding carboxylic acids is 2. The monoisotopic (exact) mass is 220 g/mol. The average molecular weight is 220 g/mol. The van der Waals surface area contributed by atoms with E-state index in [1.54, 1.807) is 31.2 Å². The second-order valence-corrected chi connectivity index (χ2v) is 3.30. The molecule has 1 saturated heterocycles. The Morgan fingerprint density at radius 2 is 2.00 bits per heavy atom. The Balaban J connectivity index is 2.20. The van der Waals surface area contributed by atoms with Gasteiger partial charge < -0.3 is 4.74 Å². The van der Waals surface area contributed by atoms with Crippen LogP contribution in [0.1, 0.15) is 6.92 Å². The van der Waals surface area contributed by atoms with E-state index in [4.69, 9.17) is 4.74 Å². The summed E-state index contributed by atoms with van der Waals surface area (Å²) in [5.74, 6) is -1.16. The van der Waals surface area contributed by atoms with Crippen molar-refractivity contribution in [2.75, 3.05) is 11.6 Å². The van der Waals surface area contributed by atoms with E-state index in [0.29, 0.717) is 12.3 Å². The van der Waals surface area contributed by atoms with E-state index >= 15 is 0 Å². The fourth-order valence-electron chi connectivity index (χ4n) is 1.51. The van der Waals surface area contributed by atoms with E-state index in [0.717, 1.165) is 0 Å². The minimum Gasteiger partial charge on any atom is -0.354 e. The Kier molecular flexibility index (Phi) is 2.98. The highest BCUT2D eigenvalue weighted by Crippen LogP contribution is 2.16. The summed E-state index contributed by atoms with van der Waals surface area (Å²) in [5.41, 5.74) is 3.35. The summed E-state index contributed by atoms with van der Waals surface area (Å²) >= 11 is 0. The van der Waals surface area contributed by atoms with Crippen molar-refractivity contribution in [3.8, 4) is 0 Å². The van der Waals surface area contributed by atoms with Gasteiger partial charge >= 0.3 is 5.91 Å². The molecule has 2 rings (SSSR count). The first-order chi connectivity index (χ1) is 7.74. The lowest BCUT2D eigenvalue weighted by Gasteiger charge is -2.16. The van der Waals surface area contributed by atoms with Crippen molar-refractivity contribution >= 4 is 17.4 Å². The molecule has 5 nitrogen and oxygen atoms in total. The van der Waals surface area contributed by atoms with Crippen molar-refractivity contribution < 1.29 is 14.3 Å². The van der Waals surface area contributed by atoms with Gasteiger partial charge in [-0.1, -0.05) is 18.2 Å². The Bertz CT molecular complexity index is 405. The SMILES string of the molecule is CCOC1NN(c2ccccc2)C(=O)C1=O. The van der Waals surface area contributed by atoms with E-state index in [-0.39, 0.29) is 0 Å². The smallest absolute Gasteiger partial charge is 0.313 e. The minimum atomic E-state index is -0.863. The van der Waals surface area contributed by atoms with Gasteiger partial charge in [0, 0.05) is 6.61 Å². The zero-order chi connectivity index (χ0) is 11.5. The summed E-state index contributed by atoms with van der Waals surface area (Å²) in [6.45, 7) is 2.14. The molecule has 1 atom stereocenters. The Labute approximate surface area is 93.0 Å². The normalized spacial score (nSPS) is 20.6. The lowest BCUT2D eigenvalue weighted by Crippen LogP contribution is -2.38. The van der Waals surface area contributed by atoms with Crippen molar-refractivity contribution in [2.24, 2.45) is 0 Å². The number of Topliss-reactive ketones (excluding diaryl/α,β-unsaturated/α-hetero) is 1. The van der Waals surface area contributed by atoms with E-state index in [9.17, 15) is 9.59 Å². The van der Waals surface area contributed by atoms with Gasteiger partial charge in [-0.2, -0.15) is 5.43 Å². The van der Waals surface area contributed by atoms with Crippen molar-refractivity contribution in [3.63, 3.8) is 0 Å². The molecule has 0 aliphatic carbocycles. The summed E-state index contributed by atoms with van der Waals surface area (Å²) in [7, 11) is 0. The van der Waals surface area contributed by atoms with E-state index in [1.807, 2.05) is 6.07 Å². The molecule has 1 amide bonds. The molecule has 0 spiro atoms. The topological polar surface area (TPSA) is 58.6 Å². The molecule has 1 aromatic carbocycles. The molecule has 1 aliphatic rings. The number of carbonyl (C=O) groups is 2. The highest BCUT2D eigenvalue weighted by molar-refractivity contribution is 6.44. The van der Waals surface area contributed by atoms with Gasteiger partial charge in [-0.15, -0.1) is 0 Å². The Morgan fingerprint density at radius 1 is 1.31 bits per heavy atom. The van der Waals surface area contributed by atoms with Gasteiger partial charge in [-0.05, 0) is 19.1 Å². The highest BCUT2D eigenvalue weighted by atomic mass is 16.5. The summed E-state index contributed by atoms with van der Waals surface area (Å²) < 4.78 is 5.11. The van der Waals surface area contributed by atoms with Crippen molar-refractivity contribution in [1.29, 1.82) is 0 Å². The Hall–Kier alpha value is -1.72. The van der Waals surface area contributed by atoms with Crippen LogP contribution >= 0.6 is 0 Å². The molecule has 1 N–H and O–H groups in total. The number of anilines is 1. The number of nitrogens with one attached hydrogen (secondary N) is 1. The van der Waals surface area contributed by atoms with Crippen LogP contribution in [0.3, 0.4) is 0 Å². The molecule has 1 aliphatic heterocycles. The number of rotatable bonds is 3. The third kappa shape index (κ3) is 1.82. The predicted octanol–water partition coefficient (Wildman–Crippen LogP) is 0.470. The van der Waals surface area contributed by atoms with Crippen LogP contribution in [0.25, 0.3) is 0 Å². The summed E-state index contributed by atoms with van der Waals surface area (Å²) in [6.07, 6.45) is -0.863. The van der Waals surface area contributed by atoms with Gasteiger partial charge in [0.15, 0.2) is 6.23 Å². The molecule has 5 heteroatoms. The molecule has 1 fully saturated rings. The minimum absolute atomic E-state index is 0.374. The standard InChI is InChI=1S/C11H12N2O3/c1-2-16-10-9(14)11(15)13(12-10)8-6-4-3-5-7-8/h3-7,10,12H,2H2,1H3. The van der Waals surface area contributed by atoms with Crippen molar-refractivity contribution in [2.45, 2.75) is 13.2 Å². The fraction of sp³-hybridized carbons (Fsp3) is 0.273. The maximum absolute atomic E-state index is 11.6. The molecule has 16 heavy (non-hydrogen) atoms. The average Bonchev–Trinajstić information content (AvgIpc) is 2.59. The van der Waals surface area contributed by atoms with Gasteiger partial charge in [0.25, 0.3) is 5.78 Å². The predicted molar refractivity (Wildman–Crippen MR) is 57.5 cm³/mol. The number of amides is 1. The number of hydrogen-bond acceptors (Lipinski definition) is 4. The third-order valence-electron chi connectivity index (χ3n) is 2.25. The Morgan fingerprint density at radius 3 is 2.62 bits per heavy atom. The number of hydrogen-bond donors (Lipinski definition) is 1. The van der Waals surface area contributed by atoms with Crippen molar-refractivity contribution in [1.82, 2.24) is 5.43 Å². The fourth-order valence-corrected chi connectivity index (χ4v) is 1.51. The first kappa shape index (κ1) is 10.8. The van der Waals surface area contributed by atoms with Crippen LogP contribution in [0.2, 0.25) is 0 Å². The van der Waals surface area contributed by atoms with Crippen LogP contribution in [-0.4, -0.2) is 24.5 Å². The molecule has 1 aromatic rings. The summed E-state index contributed by atoms with van der Waals surface area (Å²) in [5, 5.41) is 1.21. The van der Waals surface area contributed by atoms with Crippen LogP contribution in [0.5, 0.6) is 0 Å². The number of ether oxygens (including phenoxy) is 1. The highest BCUT2D eigenvalue weighted by Gasteiger charge is 2.39. The summed E-state index contributed by atoms with van der Waals surface area (Å²) in [6, 6.07) is 8.91. The van der Waals surface area contributed by atoms with Gasteiger partial charge in [-0.3, -0.25) is 9.59 Å². The van der Waals surface area contributed by atoms with Gasteiger partial charge in [0.1, 0.15) is 0 Å². The second-order valence-electron chi connectivity index (χ2n) is 3.30. The lowest BCUT2D eigenvalue weighted by atomic mass is 10.3. The largest absolute Gasteiger partial charge is 0.354 e. The van der Waals surface area contributed by atoms with Gasteiger partial charge in [-0.25, -0.2) is 5.01 Å². The van der Waals surface area contributed by atoms with Crippen LogP contribution < -0.4 is 10.4 Å². The van der Waals surface area contributed by atoms with Crippen LogP contribution in [0, 0.1) is 0 Å². The maximum Gasteiger partial charge on any atom is 0.313 e. The van der Waals surface area contributed by atoms with Gasteiger partial charge in [0.2, 0.25) is 0 Å². The van der Waals surface area contributed by atoms with Crippen molar-refractivity contribution in [3.05, 3.63) is 30.3 Å². The molecular weight excluding hydrogens is 208 g/mol. The zero-order valence-corrected chi connectivity index (χ0v) is 8.84. The molecule has 1 heterocycles. The molecule has 84 valence electrons. The van der Waals surface area contributed by atoms with E-state index in [1.165, 1.54) is 5.01 Å². The van der Waals surface area contributed by atoms with Crippen LogP contribution in [0.4, 0.5) is 5.69 Å². The van der Waals surface area contributed by atoms with Crippen LogP contribution in [-0.2, 0) is 14.3 Å².